The Morgan fingerprint density at radius 2 is 2.38 bits per heavy atom. The molecule has 0 aliphatic rings. The summed E-state index contributed by atoms with van der Waals surface area (Å²) < 4.78 is 10.4. The third-order valence-electron chi connectivity index (χ3n) is 2.31. The van der Waals surface area contributed by atoms with Crippen molar-refractivity contribution in [1.82, 2.24) is 15.5 Å². The SMILES string of the molecule is CCNCC(C)c1nc(-c2ccco2)no1. The van der Waals surface area contributed by atoms with Crippen LogP contribution in [0.2, 0.25) is 0 Å². The minimum Gasteiger partial charge on any atom is -0.461 e. The smallest absolute Gasteiger partial charge is 0.238 e. The molecule has 0 aliphatic carbocycles. The number of nitrogens with zero attached hydrogens (tertiary/aromatic N) is 2. The van der Waals surface area contributed by atoms with Crippen molar-refractivity contribution in [3.63, 3.8) is 0 Å². The van der Waals surface area contributed by atoms with E-state index in [1.165, 1.54) is 0 Å². The van der Waals surface area contributed by atoms with Crippen LogP contribution in [0, 0.1) is 0 Å². The third kappa shape index (κ3) is 2.30. The van der Waals surface area contributed by atoms with Gasteiger partial charge in [-0.25, -0.2) is 0 Å². The highest BCUT2D eigenvalue weighted by Gasteiger charge is 2.15. The van der Waals surface area contributed by atoms with E-state index >= 15 is 0 Å². The Morgan fingerprint density at radius 1 is 1.50 bits per heavy atom. The summed E-state index contributed by atoms with van der Waals surface area (Å²) in [5, 5.41) is 7.12. The van der Waals surface area contributed by atoms with E-state index in [1.807, 2.05) is 13.0 Å². The predicted octanol–water partition coefficient (Wildman–Crippen LogP) is 2.04. The first-order valence-electron chi connectivity index (χ1n) is 5.39. The number of hydrogen-bond donors (Lipinski definition) is 1. The fourth-order valence-corrected chi connectivity index (χ4v) is 1.39. The molecule has 2 rings (SSSR count). The van der Waals surface area contributed by atoms with Crippen molar-refractivity contribution in [3.05, 3.63) is 24.3 Å². The Kier molecular flexibility index (Phi) is 3.36. The molecule has 0 aliphatic heterocycles. The maximum atomic E-state index is 5.19. The first kappa shape index (κ1) is 10.9. The molecular formula is C11H15N3O2. The zero-order chi connectivity index (χ0) is 11.4. The quantitative estimate of drug-likeness (QED) is 0.837. The molecular weight excluding hydrogens is 206 g/mol. The van der Waals surface area contributed by atoms with Gasteiger partial charge in [0.25, 0.3) is 0 Å². The number of rotatable bonds is 5. The summed E-state index contributed by atoms with van der Waals surface area (Å²) >= 11 is 0. The van der Waals surface area contributed by atoms with E-state index in [-0.39, 0.29) is 5.92 Å². The van der Waals surface area contributed by atoms with E-state index in [4.69, 9.17) is 8.94 Å². The van der Waals surface area contributed by atoms with Crippen molar-refractivity contribution in [1.29, 1.82) is 0 Å². The van der Waals surface area contributed by atoms with Crippen molar-refractivity contribution < 1.29 is 8.94 Å². The van der Waals surface area contributed by atoms with Gasteiger partial charge in [-0.2, -0.15) is 4.98 Å². The summed E-state index contributed by atoms with van der Waals surface area (Å²) in [4.78, 5) is 4.29. The molecule has 2 aromatic heterocycles. The number of aromatic nitrogens is 2. The van der Waals surface area contributed by atoms with Crippen molar-refractivity contribution >= 4 is 0 Å². The van der Waals surface area contributed by atoms with Crippen LogP contribution < -0.4 is 5.32 Å². The second kappa shape index (κ2) is 4.94. The van der Waals surface area contributed by atoms with Crippen molar-refractivity contribution in [2.24, 2.45) is 0 Å². The first-order valence-corrected chi connectivity index (χ1v) is 5.39. The van der Waals surface area contributed by atoms with Gasteiger partial charge in [0.15, 0.2) is 5.76 Å². The van der Waals surface area contributed by atoms with Crippen LogP contribution in [0.15, 0.2) is 27.3 Å². The Bertz CT molecular complexity index is 422. The molecule has 5 nitrogen and oxygen atoms in total. The average Bonchev–Trinajstić information content (AvgIpc) is 2.94. The van der Waals surface area contributed by atoms with Gasteiger partial charge >= 0.3 is 0 Å². The minimum absolute atomic E-state index is 0.205. The lowest BCUT2D eigenvalue weighted by Crippen LogP contribution is -2.19. The second-order valence-corrected chi connectivity index (χ2v) is 3.64. The number of hydrogen-bond acceptors (Lipinski definition) is 5. The summed E-state index contributed by atoms with van der Waals surface area (Å²) in [6, 6.07) is 3.61. The predicted molar refractivity (Wildman–Crippen MR) is 59.0 cm³/mol. The number of furan rings is 1. The topological polar surface area (TPSA) is 64.1 Å². The molecule has 0 fully saturated rings. The molecule has 0 spiro atoms. The van der Waals surface area contributed by atoms with Crippen LogP contribution in [0.5, 0.6) is 0 Å². The fraction of sp³-hybridized carbons (Fsp3) is 0.455. The summed E-state index contributed by atoms with van der Waals surface area (Å²) in [5.74, 6) is 1.97. The lowest BCUT2D eigenvalue weighted by molar-refractivity contribution is 0.355. The van der Waals surface area contributed by atoms with Gasteiger partial charge < -0.3 is 14.3 Å². The van der Waals surface area contributed by atoms with Crippen LogP contribution in [0.3, 0.4) is 0 Å². The van der Waals surface area contributed by atoms with E-state index in [0.717, 1.165) is 13.1 Å². The van der Waals surface area contributed by atoms with Gasteiger partial charge in [-0.15, -0.1) is 0 Å². The Hall–Kier alpha value is -1.62. The molecule has 0 radical (unpaired) electrons. The van der Waals surface area contributed by atoms with E-state index in [9.17, 15) is 0 Å². The fourth-order valence-electron chi connectivity index (χ4n) is 1.39. The second-order valence-electron chi connectivity index (χ2n) is 3.64. The lowest BCUT2D eigenvalue weighted by Gasteiger charge is -2.05. The molecule has 2 aromatic rings. The van der Waals surface area contributed by atoms with Gasteiger partial charge in [0.05, 0.1) is 6.26 Å². The van der Waals surface area contributed by atoms with Crippen LogP contribution in [-0.4, -0.2) is 23.2 Å². The van der Waals surface area contributed by atoms with Gasteiger partial charge in [0.2, 0.25) is 11.7 Å². The molecule has 1 atom stereocenters. The maximum Gasteiger partial charge on any atom is 0.238 e. The summed E-state index contributed by atoms with van der Waals surface area (Å²) in [6.07, 6.45) is 1.59. The van der Waals surface area contributed by atoms with Crippen LogP contribution in [0.25, 0.3) is 11.6 Å². The number of nitrogens with one attached hydrogen (secondary N) is 1. The highest BCUT2D eigenvalue weighted by atomic mass is 16.5. The first-order chi connectivity index (χ1) is 7.81. The van der Waals surface area contributed by atoms with Crippen LogP contribution in [-0.2, 0) is 0 Å². The van der Waals surface area contributed by atoms with E-state index < -0.39 is 0 Å². The number of likely N-dealkylation sites (N-methyl/N-ethyl adjacent to an activating group) is 1. The van der Waals surface area contributed by atoms with Gasteiger partial charge in [-0.3, -0.25) is 0 Å². The van der Waals surface area contributed by atoms with Gasteiger partial charge in [0.1, 0.15) is 0 Å². The van der Waals surface area contributed by atoms with Gasteiger partial charge in [0, 0.05) is 12.5 Å². The molecule has 0 bridgehead atoms. The summed E-state index contributed by atoms with van der Waals surface area (Å²) in [5.41, 5.74) is 0. The Labute approximate surface area is 93.8 Å². The Balaban J connectivity index is 2.07. The maximum absolute atomic E-state index is 5.19. The van der Waals surface area contributed by atoms with Crippen molar-refractivity contribution in [3.8, 4) is 11.6 Å². The molecule has 0 aromatic carbocycles. The van der Waals surface area contributed by atoms with Gasteiger partial charge in [-0.1, -0.05) is 19.0 Å². The zero-order valence-corrected chi connectivity index (χ0v) is 9.43. The minimum atomic E-state index is 0.205. The average molecular weight is 221 g/mol. The van der Waals surface area contributed by atoms with E-state index in [0.29, 0.717) is 17.5 Å². The molecule has 2 heterocycles. The highest BCUT2D eigenvalue weighted by Crippen LogP contribution is 2.19. The molecule has 16 heavy (non-hydrogen) atoms. The van der Waals surface area contributed by atoms with Crippen molar-refractivity contribution in [2.45, 2.75) is 19.8 Å². The van der Waals surface area contributed by atoms with Gasteiger partial charge in [-0.05, 0) is 18.7 Å². The standard InChI is InChI=1S/C11H15N3O2/c1-3-12-7-8(2)11-13-10(14-16-11)9-5-4-6-15-9/h4-6,8,12H,3,7H2,1-2H3. The van der Waals surface area contributed by atoms with E-state index in [2.05, 4.69) is 22.4 Å². The summed E-state index contributed by atoms with van der Waals surface area (Å²) in [7, 11) is 0. The van der Waals surface area contributed by atoms with Crippen LogP contribution in [0.4, 0.5) is 0 Å². The highest BCUT2D eigenvalue weighted by molar-refractivity contribution is 5.44. The molecule has 0 saturated carbocycles. The molecule has 1 N–H and O–H groups in total. The monoisotopic (exact) mass is 221 g/mol. The lowest BCUT2D eigenvalue weighted by atomic mass is 10.2. The van der Waals surface area contributed by atoms with E-state index in [1.54, 1.807) is 12.3 Å². The molecule has 0 amide bonds. The molecule has 0 saturated heterocycles. The largest absolute Gasteiger partial charge is 0.461 e. The molecule has 1 unspecified atom stereocenters. The van der Waals surface area contributed by atoms with Crippen LogP contribution in [0.1, 0.15) is 25.7 Å². The molecule has 5 heteroatoms. The van der Waals surface area contributed by atoms with Crippen molar-refractivity contribution in [2.75, 3.05) is 13.1 Å². The van der Waals surface area contributed by atoms with Crippen LogP contribution >= 0.6 is 0 Å². The normalized spacial score (nSPS) is 12.9. The molecule has 86 valence electrons. The zero-order valence-electron chi connectivity index (χ0n) is 9.43. The summed E-state index contributed by atoms with van der Waals surface area (Å²) in [6.45, 7) is 5.87. The Morgan fingerprint density at radius 3 is 3.06 bits per heavy atom. The third-order valence-corrected chi connectivity index (χ3v) is 2.31.